The number of morpholine rings is 1. The number of rotatable bonds is 1. The molecule has 2 unspecified atom stereocenters. The van der Waals surface area contributed by atoms with Gasteiger partial charge in [-0.25, -0.2) is 0 Å². The summed E-state index contributed by atoms with van der Waals surface area (Å²) in [4.78, 5) is 14.4. The standard InChI is InChI=1S/C13H19NO3/c1-8-6-16-7-9(2)14(8)13(15)12-5-10(3)17-11(12)4/h5,8-9H,6-7H2,1-4H3. The van der Waals surface area contributed by atoms with Crippen molar-refractivity contribution < 1.29 is 13.9 Å². The van der Waals surface area contributed by atoms with Crippen molar-refractivity contribution in [3.05, 3.63) is 23.2 Å². The van der Waals surface area contributed by atoms with Crippen LogP contribution < -0.4 is 0 Å². The van der Waals surface area contributed by atoms with Gasteiger partial charge in [0.05, 0.1) is 30.9 Å². The summed E-state index contributed by atoms with van der Waals surface area (Å²) in [5, 5.41) is 0. The van der Waals surface area contributed by atoms with Crippen LogP contribution in [0.1, 0.15) is 35.7 Å². The summed E-state index contributed by atoms with van der Waals surface area (Å²) < 4.78 is 10.8. The molecule has 0 aliphatic carbocycles. The van der Waals surface area contributed by atoms with Gasteiger partial charge in [-0.1, -0.05) is 0 Å². The average Bonchev–Trinajstić information content (AvgIpc) is 2.57. The molecule has 0 N–H and O–H groups in total. The van der Waals surface area contributed by atoms with Gasteiger partial charge in [-0.3, -0.25) is 4.79 Å². The monoisotopic (exact) mass is 237 g/mol. The van der Waals surface area contributed by atoms with Crippen LogP contribution in [0.15, 0.2) is 10.5 Å². The minimum atomic E-state index is 0.0441. The molecule has 1 aliphatic heterocycles. The van der Waals surface area contributed by atoms with Crippen LogP contribution >= 0.6 is 0 Å². The molecule has 2 rings (SSSR count). The lowest BCUT2D eigenvalue weighted by Crippen LogP contribution is -2.52. The highest BCUT2D eigenvalue weighted by Crippen LogP contribution is 2.21. The molecule has 2 atom stereocenters. The third kappa shape index (κ3) is 2.22. The Balaban J connectivity index is 2.27. The highest BCUT2D eigenvalue weighted by molar-refractivity contribution is 5.95. The third-order valence-electron chi connectivity index (χ3n) is 3.17. The fourth-order valence-electron chi connectivity index (χ4n) is 2.39. The number of amides is 1. The number of furan rings is 1. The Morgan fingerprint density at radius 3 is 2.35 bits per heavy atom. The fraction of sp³-hybridized carbons (Fsp3) is 0.615. The van der Waals surface area contributed by atoms with Gasteiger partial charge in [-0.15, -0.1) is 0 Å². The van der Waals surface area contributed by atoms with Crippen molar-refractivity contribution in [2.24, 2.45) is 0 Å². The van der Waals surface area contributed by atoms with Crippen LogP contribution in [0.25, 0.3) is 0 Å². The summed E-state index contributed by atoms with van der Waals surface area (Å²) in [5.74, 6) is 1.51. The van der Waals surface area contributed by atoms with E-state index in [4.69, 9.17) is 9.15 Å². The summed E-state index contributed by atoms with van der Waals surface area (Å²) in [6.45, 7) is 8.91. The topological polar surface area (TPSA) is 42.7 Å². The Morgan fingerprint density at radius 2 is 1.88 bits per heavy atom. The first kappa shape index (κ1) is 12.2. The maximum Gasteiger partial charge on any atom is 0.258 e. The molecule has 0 radical (unpaired) electrons. The first-order valence-electron chi connectivity index (χ1n) is 5.98. The minimum absolute atomic E-state index is 0.0441. The molecule has 94 valence electrons. The minimum Gasteiger partial charge on any atom is -0.466 e. The fourth-order valence-corrected chi connectivity index (χ4v) is 2.39. The predicted octanol–water partition coefficient (Wildman–Crippen LogP) is 2.15. The lowest BCUT2D eigenvalue weighted by atomic mass is 10.1. The number of ether oxygens (including phenoxy) is 1. The van der Waals surface area contributed by atoms with E-state index in [1.165, 1.54) is 0 Å². The molecule has 2 heterocycles. The van der Waals surface area contributed by atoms with Gasteiger partial charge in [-0.05, 0) is 33.8 Å². The van der Waals surface area contributed by atoms with Crippen LogP contribution in [0.4, 0.5) is 0 Å². The molecular weight excluding hydrogens is 218 g/mol. The molecule has 1 aromatic heterocycles. The van der Waals surface area contributed by atoms with Crippen molar-refractivity contribution in [2.75, 3.05) is 13.2 Å². The van der Waals surface area contributed by atoms with Crippen LogP contribution in [0, 0.1) is 13.8 Å². The molecule has 0 saturated carbocycles. The van der Waals surface area contributed by atoms with Crippen LogP contribution in [0.2, 0.25) is 0 Å². The Morgan fingerprint density at radius 1 is 1.29 bits per heavy atom. The molecule has 4 heteroatoms. The van der Waals surface area contributed by atoms with E-state index in [9.17, 15) is 4.79 Å². The maximum absolute atomic E-state index is 12.5. The molecule has 0 spiro atoms. The van der Waals surface area contributed by atoms with Crippen molar-refractivity contribution in [2.45, 2.75) is 39.8 Å². The van der Waals surface area contributed by atoms with E-state index >= 15 is 0 Å². The largest absolute Gasteiger partial charge is 0.466 e. The highest BCUT2D eigenvalue weighted by Gasteiger charge is 2.31. The summed E-state index contributed by atoms with van der Waals surface area (Å²) in [7, 11) is 0. The Hall–Kier alpha value is -1.29. The van der Waals surface area contributed by atoms with E-state index in [0.29, 0.717) is 24.5 Å². The second-order valence-corrected chi connectivity index (χ2v) is 4.77. The van der Waals surface area contributed by atoms with Crippen molar-refractivity contribution in [3.63, 3.8) is 0 Å². The van der Waals surface area contributed by atoms with Gasteiger partial charge in [0.2, 0.25) is 0 Å². The second kappa shape index (κ2) is 4.53. The summed E-state index contributed by atoms with van der Waals surface area (Å²) in [5.41, 5.74) is 0.670. The second-order valence-electron chi connectivity index (χ2n) is 4.77. The van der Waals surface area contributed by atoms with E-state index in [-0.39, 0.29) is 18.0 Å². The number of aryl methyl sites for hydroxylation is 2. The van der Waals surface area contributed by atoms with Gasteiger partial charge in [0.15, 0.2) is 0 Å². The SMILES string of the molecule is Cc1cc(C(=O)N2C(C)COCC2C)c(C)o1. The van der Waals surface area contributed by atoms with Gasteiger partial charge >= 0.3 is 0 Å². The molecule has 0 aromatic carbocycles. The van der Waals surface area contributed by atoms with E-state index in [1.54, 1.807) is 0 Å². The zero-order valence-corrected chi connectivity index (χ0v) is 10.8. The molecule has 1 aromatic rings. The molecule has 1 fully saturated rings. The molecule has 4 nitrogen and oxygen atoms in total. The van der Waals surface area contributed by atoms with Crippen molar-refractivity contribution >= 4 is 5.91 Å². The van der Waals surface area contributed by atoms with Crippen molar-refractivity contribution in [3.8, 4) is 0 Å². The highest BCUT2D eigenvalue weighted by atomic mass is 16.5. The molecule has 17 heavy (non-hydrogen) atoms. The maximum atomic E-state index is 12.5. The number of hydrogen-bond donors (Lipinski definition) is 0. The first-order chi connectivity index (χ1) is 8.00. The lowest BCUT2D eigenvalue weighted by molar-refractivity contribution is -0.0250. The van der Waals surface area contributed by atoms with Gasteiger partial charge < -0.3 is 14.1 Å². The lowest BCUT2D eigenvalue weighted by Gasteiger charge is -2.38. The summed E-state index contributed by atoms with van der Waals surface area (Å²) in [6.07, 6.45) is 0. The van der Waals surface area contributed by atoms with E-state index in [2.05, 4.69) is 0 Å². The zero-order chi connectivity index (χ0) is 12.6. The Labute approximate surface area is 102 Å². The third-order valence-corrected chi connectivity index (χ3v) is 3.17. The first-order valence-corrected chi connectivity index (χ1v) is 5.98. The number of carbonyl (C=O) groups is 1. The van der Waals surface area contributed by atoms with Crippen LogP contribution in [-0.2, 0) is 4.74 Å². The van der Waals surface area contributed by atoms with Gasteiger partial charge in [0.25, 0.3) is 5.91 Å². The van der Waals surface area contributed by atoms with E-state index in [0.717, 1.165) is 5.76 Å². The molecule has 1 saturated heterocycles. The molecule has 1 amide bonds. The Kier molecular flexibility index (Phi) is 3.24. The van der Waals surface area contributed by atoms with Crippen molar-refractivity contribution in [1.29, 1.82) is 0 Å². The predicted molar refractivity (Wildman–Crippen MR) is 64.1 cm³/mol. The molecular formula is C13H19NO3. The van der Waals surface area contributed by atoms with Crippen molar-refractivity contribution in [1.82, 2.24) is 4.90 Å². The zero-order valence-electron chi connectivity index (χ0n) is 10.8. The van der Waals surface area contributed by atoms with Crippen LogP contribution in [0.5, 0.6) is 0 Å². The van der Waals surface area contributed by atoms with Gasteiger partial charge in [0.1, 0.15) is 11.5 Å². The number of carbonyl (C=O) groups excluding carboxylic acids is 1. The Bertz CT molecular complexity index is 414. The van der Waals surface area contributed by atoms with E-state index in [1.807, 2.05) is 38.7 Å². The number of hydrogen-bond acceptors (Lipinski definition) is 3. The van der Waals surface area contributed by atoms with Crippen LogP contribution in [-0.4, -0.2) is 36.1 Å². The smallest absolute Gasteiger partial charge is 0.258 e. The van der Waals surface area contributed by atoms with Gasteiger partial charge in [0, 0.05) is 0 Å². The number of nitrogens with zero attached hydrogens (tertiary/aromatic N) is 1. The van der Waals surface area contributed by atoms with E-state index < -0.39 is 0 Å². The van der Waals surface area contributed by atoms with Gasteiger partial charge in [-0.2, -0.15) is 0 Å². The summed E-state index contributed by atoms with van der Waals surface area (Å²) in [6, 6.07) is 2.04. The average molecular weight is 237 g/mol. The molecule has 0 bridgehead atoms. The quantitative estimate of drug-likeness (QED) is 0.751. The van der Waals surface area contributed by atoms with Crippen LogP contribution in [0.3, 0.4) is 0 Å². The molecule has 1 aliphatic rings. The summed E-state index contributed by atoms with van der Waals surface area (Å²) >= 11 is 0. The normalized spacial score (nSPS) is 25.1.